The van der Waals surface area contributed by atoms with Gasteiger partial charge in [-0.25, -0.2) is 0 Å². The minimum atomic E-state index is -3.61. The molecule has 0 aliphatic carbocycles. The molecule has 98 valence electrons. The largest absolute Gasteiger partial charge is 1.00 e. The molecule has 0 bridgehead atoms. The molecule has 17 heavy (non-hydrogen) atoms. The van der Waals surface area contributed by atoms with Crippen LogP contribution in [0, 0.1) is 5.41 Å². The molecule has 1 atom stereocenters. The zero-order valence-corrected chi connectivity index (χ0v) is 13.3. The van der Waals surface area contributed by atoms with Gasteiger partial charge in [-0.3, -0.25) is 4.57 Å². The Morgan fingerprint density at radius 2 is 1.59 bits per heavy atom. The van der Waals surface area contributed by atoms with Crippen LogP contribution in [0.25, 0.3) is 0 Å². The summed E-state index contributed by atoms with van der Waals surface area (Å²) in [6.45, 7) is 12.2. The molecule has 1 unspecified atom stereocenters. The minimum Gasteiger partial charge on any atom is -0.841 e. The zero-order chi connectivity index (χ0) is 13.2. The van der Waals surface area contributed by atoms with Crippen molar-refractivity contribution in [3.63, 3.8) is 0 Å². The van der Waals surface area contributed by atoms with Crippen LogP contribution in [0.15, 0.2) is 0 Å². The monoisotopic (exact) mass is 258 g/mol. The van der Waals surface area contributed by atoms with Gasteiger partial charge < -0.3 is 14.2 Å². The molecule has 6 heteroatoms. The smallest absolute Gasteiger partial charge is 0.841 e. The van der Waals surface area contributed by atoms with E-state index in [1.165, 1.54) is 13.8 Å². The molecule has 0 spiro atoms. The Morgan fingerprint density at radius 1 is 1.18 bits per heavy atom. The summed E-state index contributed by atoms with van der Waals surface area (Å²) in [5.74, 6) is 0. The molecule has 0 aromatic heterocycles. The van der Waals surface area contributed by atoms with Crippen molar-refractivity contribution in [2.75, 3.05) is 6.61 Å². The molecule has 0 aliphatic heterocycles. The first kappa shape index (κ1) is 20.0. The van der Waals surface area contributed by atoms with Gasteiger partial charge >= 0.3 is 26.5 Å². The van der Waals surface area contributed by atoms with E-state index < -0.39 is 12.9 Å². The molecule has 0 radical (unpaired) electrons. The molecule has 0 heterocycles. The Morgan fingerprint density at radius 3 is 1.82 bits per heavy atom. The molecular formula is C11H24LiO4P. The second kappa shape index (κ2) is 6.75. The number of rotatable bonds is 5. The second-order valence-corrected chi connectivity index (χ2v) is 8.47. The second-order valence-electron chi connectivity index (χ2n) is 5.93. The molecule has 0 fully saturated rings. The Bertz CT molecular complexity index is 266. The average Bonchev–Trinajstić information content (AvgIpc) is 1.96. The zero-order valence-electron chi connectivity index (χ0n) is 12.4. The number of hydrogen-bond donors (Lipinski definition) is 0. The van der Waals surface area contributed by atoms with Crippen molar-refractivity contribution < 1.29 is 37.6 Å². The summed E-state index contributed by atoms with van der Waals surface area (Å²) < 4.78 is 22.8. The van der Waals surface area contributed by atoms with Gasteiger partial charge in [0.05, 0.1) is 12.7 Å². The summed E-state index contributed by atoms with van der Waals surface area (Å²) >= 11 is 0. The van der Waals surface area contributed by atoms with Gasteiger partial charge in [-0.1, -0.05) is 34.6 Å². The van der Waals surface area contributed by atoms with Crippen molar-refractivity contribution >= 4 is 7.60 Å². The first-order valence-electron chi connectivity index (χ1n) is 5.51. The molecular weight excluding hydrogens is 234 g/mol. The maximum atomic E-state index is 12.3. The van der Waals surface area contributed by atoms with E-state index in [9.17, 15) is 9.67 Å². The average molecular weight is 258 g/mol. The fraction of sp³-hybridized carbons (Fsp3) is 1.00. The fourth-order valence-electron chi connectivity index (χ4n) is 0.869. The third-order valence-corrected chi connectivity index (χ3v) is 4.16. The van der Waals surface area contributed by atoms with Crippen molar-refractivity contribution in [1.82, 2.24) is 0 Å². The van der Waals surface area contributed by atoms with Gasteiger partial charge in [-0.2, -0.15) is 0 Å². The molecule has 0 N–H and O–H groups in total. The fourth-order valence-corrected chi connectivity index (χ4v) is 2.61. The van der Waals surface area contributed by atoms with E-state index in [0.29, 0.717) is 0 Å². The Kier molecular flexibility index (Phi) is 7.96. The summed E-state index contributed by atoms with van der Waals surface area (Å²) in [6.07, 6.45) is -0.293. The Balaban J connectivity index is 0. The van der Waals surface area contributed by atoms with E-state index in [4.69, 9.17) is 9.05 Å². The normalized spacial score (nSPS) is 16.5. The third-order valence-electron chi connectivity index (χ3n) is 1.68. The summed E-state index contributed by atoms with van der Waals surface area (Å²) in [4.78, 5) is 0. The molecule has 0 aromatic carbocycles. The van der Waals surface area contributed by atoms with Gasteiger partial charge in [0.15, 0.2) is 0 Å². The van der Waals surface area contributed by atoms with Gasteiger partial charge in [-0.15, -0.1) is 0 Å². The van der Waals surface area contributed by atoms with Crippen LogP contribution in [0.4, 0.5) is 0 Å². The Hall–Kier alpha value is 0.707. The van der Waals surface area contributed by atoms with Crippen molar-refractivity contribution in [2.24, 2.45) is 5.41 Å². The summed E-state index contributed by atoms with van der Waals surface area (Å²) in [5, 5.41) is 10.1. The van der Waals surface area contributed by atoms with Gasteiger partial charge in [0.2, 0.25) is 0 Å². The van der Waals surface area contributed by atoms with E-state index in [2.05, 4.69) is 0 Å². The minimum absolute atomic E-state index is 0. The molecule has 0 amide bonds. The van der Waals surface area contributed by atoms with Crippen molar-refractivity contribution in [1.29, 1.82) is 0 Å². The Labute approximate surface area is 117 Å². The van der Waals surface area contributed by atoms with Crippen molar-refractivity contribution in [3.05, 3.63) is 0 Å². The molecule has 4 nitrogen and oxygen atoms in total. The van der Waals surface area contributed by atoms with E-state index in [1.54, 1.807) is 13.8 Å². The van der Waals surface area contributed by atoms with Gasteiger partial charge in [-0.05, 0) is 24.6 Å². The van der Waals surface area contributed by atoms with E-state index >= 15 is 0 Å². The molecule has 0 aliphatic rings. The molecule has 0 rings (SSSR count). The van der Waals surface area contributed by atoms with Crippen LogP contribution in [0.1, 0.15) is 48.5 Å². The van der Waals surface area contributed by atoms with Crippen LogP contribution in [0.3, 0.4) is 0 Å². The van der Waals surface area contributed by atoms with E-state index in [1.807, 2.05) is 20.8 Å². The van der Waals surface area contributed by atoms with E-state index in [0.717, 1.165) is 0 Å². The summed E-state index contributed by atoms with van der Waals surface area (Å²) in [7, 11) is -3.61. The maximum absolute atomic E-state index is 12.3. The van der Waals surface area contributed by atoms with Crippen molar-refractivity contribution in [2.45, 2.75) is 59.9 Å². The topological polar surface area (TPSA) is 58.6 Å². The first-order chi connectivity index (χ1) is 6.87. The van der Waals surface area contributed by atoms with Crippen LogP contribution in [0.5, 0.6) is 0 Å². The van der Waals surface area contributed by atoms with Gasteiger partial charge in [0, 0.05) is 0 Å². The molecule has 0 saturated carbocycles. The predicted octanol–water partition coefficient (Wildman–Crippen LogP) is -0.232. The standard InChI is InChI=1S/C11H24O4P.Li/c1-9(2)15-16(13,11(6,7)12)14-8-10(3,4)5;/h9H,8H2,1-7H3;/q-1;+1. The van der Waals surface area contributed by atoms with Crippen LogP contribution in [-0.4, -0.2) is 18.1 Å². The molecule has 0 aromatic rings. The summed E-state index contributed by atoms with van der Waals surface area (Å²) in [5.41, 5.74) is -0.152. The quantitative estimate of drug-likeness (QED) is 0.505. The maximum Gasteiger partial charge on any atom is 1.00 e. The number of hydrogen-bond acceptors (Lipinski definition) is 4. The van der Waals surface area contributed by atoms with Crippen LogP contribution < -0.4 is 24.0 Å². The SMILES string of the molecule is CC(C)OP(=O)(OCC(C)(C)C)C(C)(C)[O-].[Li+]. The van der Waals surface area contributed by atoms with Crippen molar-refractivity contribution in [3.8, 4) is 0 Å². The molecule has 0 saturated heterocycles. The van der Waals surface area contributed by atoms with Crippen LogP contribution in [-0.2, 0) is 13.6 Å². The van der Waals surface area contributed by atoms with Crippen LogP contribution in [0.2, 0.25) is 0 Å². The first-order valence-corrected chi connectivity index (χ1v) is 7.05. The third kappa shape index (κ3) is 7.67. The van der Waals surface area contributed by atoms with Gasteiger partial charge in [0.25, 0.3) is 0 Å². The summed E-state index contributed by atoms with van der Waals surface area (Å²) in [6, 6.07) is 0. The van der Waals surface area contributed by atoms with Crippen LogP contribution >= 0.6 is 7.60 Å². The van der Waals surface area contributed by atoms with Gasteiger partial charge in [0.1, 0.15) is 0 Å². The van der Waals surface area contributed by atoms with E-state index in [-0.39, 0.29) is 37.0 Å². The predicted molar refractivity (Wildman–Crippen MR) is 63.3 cm³/mol.